The third-order valence-corrected chi connectivity index (χ3v) is 5.90. The third kappa shape index (κ3) is 3.92. The normalized spacial score (nSPS) is 15.9. The molecule has 1 fully saturated rings. The zero-order valence-corrected chi connectivity index (χ0v) is 17.4. The predicted molar refractivity (Wildman–Crippen MR) is 110 cm³/mol. The van der Waals surface area contributed by atoms with Crippen molar-refractivity contribution in [2.24, 2.45) is 0 Å². The number of thioether (sulfide) groups is 1. The molecule has 0 bridgehead atoms. The number of hydrogen-bond donors (Lipinski definition) is 0. The van der Waals surface area contributed by atoms with Gasteiger partial charge < -0.3 is 9.42 Å². The van der Waals surface area contributed by atoms with Gasteiger partial charge in [-0.2, -0.15) is 4.98 Å². The highest BCUT2D eigenvalue weighted by molar-refractivity contribution is 7.99. The number of aromatic nitrogens is 5. The molecule has 148 valence electrons. The molecule has 3 aromatic rings. The van der Waals surface area contributed by atoms with Crippen LogP contribution >= 0.6 is 11.8 Å². The first kappa shape index (κ1) is 19.0. The fraction of sp³-hybridized carbons (Fsp3) is 0.500. The summed E-state index contributed by atoms with van der Waals surface area (Å²) in [5.74, 6) is 2.51. The van der Waals surface area contributed by atoms with Crippen molar-refractivity contribution in [1.29, 1.82) is 0 Å². The maximum absolute atomic E-state index is 5.48. The minimum Gasteiger partial charge on any atom is -0.341 e. The summed E-state index contributed by atoms with van der Waals surface area (Å²) < 4.78 is 7.62. The van der Waals surface area contributed by atoms with E-state index in [4.69, 9.17) is 4.52 Å². The first-order chi connectivity index (χ1) is 13.6. The lowest BCUT2D eigenvalue weighted by molar-refractivity contribution is 0.373. The van der Waals surface area contributed by atoms with Crippen LogP contribution in [0.4, 0.5) is 5.95 Å². The minimum atomic E-state index is -0.0131. The van der Waals surface area contributed by atoms with Crippen molar-refractivity contribution < 1.29 is 4.52 Å². The molecular weight excluding hydrogens is 372 g/mol. The van der Waals surface area contributed by atoms with Gasteiger partial charge in [-0.25, -0.2) is 0 Å². The van der Waals surface area contributed by atoms with Gasteiger partial charge in [-0.1, -0.05) is 49.0 Å². The fourth-order valence-electron chi connectivity index (χ4n) is 3.30. The van der Waals surface area contributed by atoms with E-state index in [1.807, 2.05) is 18.2 Å². The molecule has 7 nitrogen and oxygen atoms in total. The lowest BCUT2D eigenvalue weighted by atomic mass is 10.1. The molecular formula is C20H26N6OS. The van der Waals surface area contributed by atoms with Crippen molar-refractivity contribution in [3.63, 3.8) is 0 Å². The van der Waals surface area contributed by atoms with E-state index in [0.29, 0.717) is 5.89 Å². The van der Waals surface area contributed by atoms with E-state index in [9.17, 15) is 0 Å². The monoisotopic (exact) mass is 398 g/mol. The molecule has 0 aliphatic carbocycles. The molecule has 28 heavy (non-hydrogen) atoms. The van der Waals surface area contributed by atoms with Gasteiger partial charge in [-0.3, -0.25) is 4.57 Å². The van der Waals surface area contributed by atoms with Gasteiger partial charge in [-0.05, 0) is 38.3 Å². The quantitative estimate of drug-likeness (QED) is 0.561. The number of nitrogens with zero attached hydrogens (tertiary/aromatic N) is 6. The summed E-state index contributed by atoms with van der Waals surface area (Å²) >= 11 is 1.59. The lowest BCUT2D eigenvalue weighted by Gasteiger charge is -2.27. The summed E-state index contributed by atoms with van der Waals surface area (Å²) in [5.41, 5.74) is 1.07. The Kier molecular flexibility index (Phi) is 5.66. The van der Waals surface area contributed by atoms with Crippen molar-refractivity contribution in [3.05, 3.63) is 42.0 Å². The average Bonchev–Trinajstić information content (AvgIpc) is 3.37. The molecule has 3 heterocycles. The van der Waals surface area contributed by atoms with Gasteiger partial charge in [-0.15, -0.1) is 10.2 Å². The molecule has 0 N–H and O–H groups in total. The molecule has 4 rings (SSSR count). The van der Waals surface area contributed by atoms with Crippen LogP contribution in [-0.2, 0) is 0 Å². The van der Waals surface area contributed by atoms with Crippen LogP contribution in [0.2, 0.25) is 0 Å². The summed E-state index contributed by atoms with van der Waals surface area (Å²) in [6.07, 6.45) is 3.67. The maximum Gasteiger partial charge on any atom is 0.239 e. The average molecular weight is 399 g/mol. The highest BCUT2D eigenvalue weighted by Crippen LogP contribution is 2.36. The van der Waals surface area contributed by atoms with Gasteiger partial charge in [0.2, 0.25) is 11.8 Å². The van der Waals surface area contributed by atoms with Crippen molar-refractivity contribution in [3.8, 4) is 5.69 Å². The molecule has 1 aliphatic heterocycles. The Morgan fingerprint density at radius 3 is 2.43 bits per heavy atom. The predicted octanol–water partition coefficient (Wildman–Crippen LogP) is 4.62. The van der Waals surface area contributed by atoms with Crippen molar-refractivity contribution >= 4 is 17.7 Å². The van der Waals surface area contributed by atoms with Gasteiger partial charge in [0.25, 0.3) is 0 Å². The fourth-order valence-corrected chi connectivity index (χ4v) is 4.19. The highest BCUT2D eigenvalue weighted by Gasteiger charge is 2.25. The number of anilines is 1. The van der Waals surface area contributed by atoms with Gasteiger partial charge in [0.15, 0.2) is 11.0 Å². The SMILES string of the molecule is CC(C)c1noc(C(C)Sc2nnc(N3CCCCC3)n2-c2ccccc2)n1. The lowest BCUT2D eigenvalue weighted by Crippen LogP contribution is -2.31. The zero-order chi connectivity index (χ0) is 19.5. The van der Waals surface area contributed by atoms with Gasteiger partial charge in [0, 0.05) is 19.0 Å². The standard InChI is InChI=1S/C20H26N6OS/c1-14(2)17-21-18(27-24-17)15(3)28-20-23-22-19(25-12-8-5-9-13-25)26(20)16-10-6-4-7-11-16/h4,6-7,10-11,14-15H,5,8-9,12-13H2,1-3H3. The van der Waals surface area contributed by atoms with Crippen molar-refractivity contribution in [2.75, 3.05) is 18.0 Å². The van der Waals surface area contributed by atoms with Crippen LogP contribution in [0.25, 0.3) is 5.69 Å². The van der Waals surface area contributed by atoms with E-state index in [-0.39, 0.29) is 11.2 Å². The third-order valence-electron chi connectivity index (χ3n) is 4.87. The first-order valence-corrected chi connectivity index (χ1v) is 10.8. The van der Waals surface area contributed by atoms with Crippen LogP contribution in [0, 0.1) is 0 Å². The van der Waals surface area contributed by atoms with E-state index in [1.54, 1.807) is 11.8 Å². The number of hydrogen-bond acceptors (Lipinski definition) is 7. The summed E-state index contributed by atoms with van der Waals surface area (Å²) in [4.78, 5) is 6.87. The molecule has 1 saturated heterocycles. The number of para-hydroxylation sites is 1. The van der Waals surface area contributed by atoms with E-state index in [2.05, 4.69) is 62.7 Å². The Balaban J connectivity index is 1.65. The van der Waals surface area contributed by atoms with Crippen LogP contribution < -0.4 is 4.90 Å². The van der Waals surface area contributed by atoms with Gasteiger partial charge in [0.05, 0.1) is 10.9 Å². The molecule has 8 heteroatoms. The van der Waals surface area contributed by atoms with Crippen molar-refractivity contribution in [1.82, 2.24) is 24.9 Å². The van der Waals surface area contributed by atoms with Gasteiger partial charge >= 0.3 is 0 Å². The molecule has 2 aromatic heterocycles. The maximum atomic E-state index is 5.48. The summed E-state index contributed by atoms with van der Waals surface area (Å²) in [6, 6.07) is 10.3. The Morgan fingerprint density at radius 1 is 1.00 bits per heavy atom. The van der Waals surface area contributed by atoms with E-state index >= 15 is 0 Å². The topological polar surface area (TPSA) is 72.9 Å². The summed E-state index contributed by atoms with van der Waals surface area (Å²) in [6.45, 7) is 8.22. The smallest absolute Gasteiger partial charge is 0.239 e. The zero-order valence-electron chi connectivity index (χ0n) is 16.6. The second-order valence-electron chi connectivity index (χ2n) is 7.41. The largest absolute Gasteiger partial charge is 0.341 e. The highest BCUT2D eigenvalue weighted by atomic mass is 32.2. The van der Waals surface area contributed by atoms with Crippen LogP contribution in [0.1, 0.15) is 62.9 Å². The molecule has 0 spiro atoms. The molecule has 0 saturated carbocycles. The second kappa shape index (κ2) is 8.34. The second-order valence-corrected chi connectivity index (χ2v) is 8.71. The van der Waals surface area contributed by atoms with E-state index in [1.165, 1.54) is 19.3 Å². The number of benzene rings is 1. The summed E-state index contributed by atoms with van der Waals surface area (Å²) in [5, 5.41) is 14.0. The minimum absolute atomic E-state index is 0.0131. The molecule has 1 atom stereocenters. The Labute approximate surface area is 169 Å². The first-order valence-electron chi connectivity index (χ1n) is 9.89. The van der Waals surface area contributed by atoms with Crippen LogP contribution in [0.5, 0.6) is 0 Å². The molecule has 1 unspecified atom stereocenters. The Morgan fingerprint density at radius 2 is 1.75 bits per heavy atom. The Hall–Kier alpha value is -2.35. The van der Waals surface area contributed by atoms with Crippen LogP contribution in [0.15, 0.2) is 40.0 Å². The van der Waals surface area contributed by atoms with Gasteiger partial charge in [0.1, 0.15) is 0 Å². The van der Waals surface area contributed by atoms with Crippen LogP contribution in [0.3, 0.4) is 0 Å². The van der Waals surface area contributed by atoms with E-state index in [0.717, 1.165) is 35.7 Å². The van der Waals surface area contributed by atoms with E-state index < -0.39 is 0 Å². The number of rotatable bonds is 6. The van der Waals surface area contributed by atoms with Crippen LogP contribution in [-0.4, -0.2) is 38.0 Å². The molecule has 0 radical (unpaired) electrons. The molecule has 1 aliphatic rings. The number of piperidine rings is 1. The Bertz CT molecular complexity index is 901. The summed E-state index contributed by atoms with van der Waals surface area (Å²) in [7, 11) is 0. The molecule has 0 amide bonds. The molecule has 1 aromatic carbocycles. The van der Waals surface area contributed by atoms with Crippen molar-refractivity contribution in [2.45, 2.75) is 56.4 Å².